The fourth-order valence-corrected chi connectivity index (χ4v) is 2.41. The van der Waals surface area contributed by atoms with E-state index in [0.717, 1.165) is 30.7 Å². The standard InChI is InChI=1S/C14H19ClN2O2/c1-19-12-7-5-11(6-8-12)13(10-15)16-17-9-3-2-4-14(17)18/h5-8,13,16H,2-4,9-10H2,1H3/t13-/m1/s1. The summed E-state index contributed by atoms with van der Waals surface area (Å²) < 4.78 is 5.13. The van der Waals surface area contributed by atoms with E-state index in [0.29, 0.717) is 12.3 Å². The monoisotopic (exact) mass is 282 g/mol. The molecular formula is C14H19ClN2O2. The van der Waals surface area contributed by atoms with E-state index >= 15 is 0 Å². The molecule has 0 aliphatic carbocycles. The van der Waals surface area contributed by atoms with Crippen molar-refractivity contribution in [1.82, 2.24) is 10.4 Å². The van der Waals surface area contributed by atoms with Crippen molar-refractivity contribution in [3.8, 4) is 5.75 Å². The molecule has 1 heterocycles. The highest BCUT2D eigenvalue weighted by Crippen LogP contribution is 2.20. The van der Waals surface area contributed by atoms with Gasteiger partial charge in [-0.1, -0.05) is 12.1 Å². The Morgan fingerprint density at radius 1 is 1.37 bits per heavy atom. The van der Waals surface area contributed by atoms with Crippen LogP contribution in [0.3, 0.4) is 0 Å². The van der Waals surface area contributed by atoms with Crippen molar-refractivity contribution in [2.45, 2.75) is 25.3 Å². The molecule has 0 spiro atoms. The Hall–Kier alpha value is -1.26. The van der Waals surface area contributed by atoms with Crippen LogP contribution in [-0.2, 0) is 4.79 Å². The summed E-state index contributed by atoms with van der Waals surface area (Å²) in [6, 6.07) is 7.67. The largest absolute Gasteiger partial charge is 0.497 e. The molecule has 1 aliphatic rings. The number of benzene rings is 1. The van der Waals surface area contributed by atoms with Crippen LogP contribution in [0.15, 0.2) is 24.3 Å². The SMILES string of the molecule is COc1ccc([C@@H](CCl)NN2CCCCC2=O)cc1. The van der Waals surface area contributed by atoms with Crippen LogP contribution in [0.25, 0.3) is 0 Å². The summed E-state index contributed by atoms with van der Waals surface area (Å²) in [4.78, 5) is 11.8. The van der Waals surface area contributed by atoms with Crippen LogP contribution in [0, 0.1) is 0 Å². The maximum Gasteiger partial charge on any atom is 0.236 e. The molecule has 1 saturated heterocycles. The molecule has 1 aromatic rings. The minimum Gasteiger partial charge on any atom is -0.497 e. The first-order valence-electron chi connectivity index (χ1n) is 6.51. The van der Waals surface area contributed by atoms with Crippen LogP contribution in [0.5, 0.6) is 5.75 Å². The Morgan fingerprint density at radius 2 is 2.11 bits per heavy atom. The van der Waals surface area contributed by atoms with Crippen molar-refractivity contribution >= 4 is 17.5 Å². The van der Waals surface area contributed by atoms with Gasteiger partial charge >= 0.3 is 0 Å². The van der Waals surface area contributed by atoms with E-state index in [4.69, 9.17) is 16.3 Å². The lowest BCUT2D eigenvalue weighted by Gasteiger charge is -2.31. The molecule has 0 aromatic heterocycles. The lowest BCUT2D eigenvalue weighted by Crippen LogP contribution is -2.47. The van der Waals surface area contributed by atoms with E-state index in [1.165, 1.54) is 0 Å². The van der Waals surface area contributed by atoms with E-state index in [1.807, 2.05) is 24.3 Å². The van der Waals surface area contributed by atoms with Crippen LogP contribution < -0.4 is 10.2 Å². The highest BCUT2D eigenvalue weighted by molar-refractivity contribution is 6.18. The van der Waals surface area contributed by atoms with Gasteiger partial charge in [0.25, 0.3) is 0 Å². The summed E-state index contributed by atoms with van der Waals surface area (Å²) >= 11 is 6.01. The summed E-state index contributed by atoms with van der Waals surface area (Å²) in [5, 5.41) is 1.70. The van der Waals surface area contributed by atoms with E-state index in [2.05, 4.69) is 5.43 Å². The first kappa shape index (κ1) is 14.2. The molecule has 1 N–H and O–H groups in total. The number of ether oxygens (including phenoxy) is 1. The minimum absolute atomic E-state index is 0.0605. The molecule has 0 bridgehead atoms. The quantitative estimate of drug-likeness (QED) is 0.844. The molecule has 1 aromatic carbocycles. The summed E-state index contributed by atoms with van der Waals surface area (Å²) in [6.07, 6.45) is 2.63. The molecule has 5 heteroatoms. The number of hydrogen-bond donors (Lipinski definition) is 1. The number of amides is 1. The third-order valence-electron chi connectivity index (χ3n) is 3.31. The van der Waals surface area contributed by atoms with Crippen molar-refractivity contribution in [1.29, 1.82) is 0 Å². The predicted molar refractivity (Wildman–Crippen MR) is 75.2 cm³/mol. The third-order valence-corrected chi connectivity index (χ3v) is 3.62. The number of alkyl halides is 1. The molecule has 19 heavy (non-hydrogen) atoms. The summed E-state index contributed by atoms with van der Waals surface area (Å²) in [5.41, 5.74) is 4.27. The van der Waals surface area contributed by atoms with Gasteiger partial charge in [-0.3, -0.25) is 9.80 Å². The number of nitrogens with one attached hydrogen (secondary N) is 1. The second kappa shape index (κ2) is 6.78. The number of halogens is 1. The number of carbonyl (C=O) groups excluding carboxylic acids is 1. The van der Waals surface area contributed by atoms with Gasteiger partial charge in [-0.2, -0.15) is 0 Å². The molecule has 0 radical (unpaired) electrons. The van der Waals surface area contributed by atoms with Crippen LogP contribution in [0.2, 0.25) is 0 Å². The zero-order valence-electron chi connectivity index (χ0n) is 11.1. The molecule has 4 nitrogen and oxygen atoms in total. The van der Waals surface area contributed by atoms with Gasteiger partial charge in [0.2, 0.25) is 5.91 Å². The Labute approximate surface area is 118 Å². The lowest BCUT2D eigenvalue weighted by atomic mass is 10.1. The number of hydrogen-bond acceptors (Lipinski definition) is 3. The van der Waals surface area contributed by atoms with Crippen LogP contribution in [0.4, 0.5) is 0 Å². The van der Waals surface area contributed by atoms with Gasteiger partial charge in [0.15, 0.2) is 0 Å². The number of hydrazine groups is 1. The van der Waals surface area contributed by atoms with Gasteiger partial charge < -0.3 is 4.74 Å². The number of rotatable bonds is 5. The molecular weight excluding hydrogens is 264 g/mol. The van der Waals surface area contributed by atoms with E-state index in [9.17, 15) is 4.79 Å². The van der Waals surface area contributed by atoms with Crippen molar-refractivity contribution in [2.24, 2.45) is 0 Å². The highest BCUT2D eigenvalue weighted by atomic mass is 35.5. The van der Waals surface area contributed by atoms with Gasteiger partial charge in [0.05, 0.1) is 13.2 Å². The topological polar surface area (TPSA) is 41.6 Å². The van der Waals surface area contributed by atoms with Gasteiger partial charge in [-0.05, 0) is 30.5 Å². The van der Waals surface area contributed by atoms with Gasteiger partial charge in [0, 0.05) is 18.8 Å². The summed E-state index contributed by atoms with van der Waals surface area (Å²) in [7, 11) is 1.64. The van der Waals surface area contributed by atoms with Crippen LogP contribution in [-0.4, -0.2) is 30.5 Å². The fraction of sp³-hybridized carbons (Fsp3) is 0.500. The second-order valence-corrected chi connectivity index (χ2v) is 4.92. The zero-order valence-corrected chi connectivity index (χ0v) is 11.8. The van der Waals surface area contributed by atoms with Gasteiger partial charge in [0.1, 0.15) is 5.75 Å². The van der Waals surface area contributed by atoms with Crippen molar-refractivity contribution in [2.75, 3.05) is 19.5 Å². The van der Waals surface area contributed by atoms with E-state index < -0.39 is 0 Å². The molecule has 0 saturated carbocycles. The molecule has 1 amide bonds. The third kappa shape index (κ3) is 3.61. The number of piperidine rings is 1. The average molecular weight is 283 g/mol. The zero-order chi connectivity index (χ0) is 13.7. The Balaban J connectivity index is 2.04. The summed E-state index contributed by atoms with van der Waals surface area (Å²) in [5.74, 6) is 1.37. The lowest BCUT2D eigenvalue weighted by molar-refractivity contribution is -0.137. The Kier molecular flexibility index (Phi) is 5.05. The molecule has 1 aliphatic heterocycles. The minimum atomic E-state index is -0.0605. The molecule has 104 valence electrons. The average Bonchev–Trinajstić information content (AvgIpc) is 2.47. The highest BCUT2D eigenvalue weighted by Gasteiger charge is 2.21. The van der Waals surface area contributed by atoms with Crippen LogP contribution in [0.1, 0.15) is 30.9 Å². The van der Waals surface area contributed by atoms with Crippen molar-refractivity contribution in [3.05, 3.63) is 29.8 Å². The predicted octanol–water partition coefficient (Wildman–Crippen LogP) is 2.49. The maximum atomic E-state index is 11.8. The van der Waals surface area contributed by atoms with Gasteiger partial charge in [-0.15, -0.1) is 11.6 Å². The van der Waals surface area contributed by atoms with Gasteiger partial charge in [-0.25, -0.2) is 5.43 Å². The number of methoxy groups -OCH3 is 1. The Bertz CT molecular complexity index is 422. The molecule has 2 rings (SSSR count). The second-order valence-electron chi connectivity index (χ2n) is 4.61. The Morgan fingerprint density at radius 3 is 2.68 bits per heavy atom. The molecule has 1 fully saturated rings. The fourth-order valence-electron chi connectivity index (χ4n) is 2.16. The molecule has 0 unspecified atom stereocenters. The first-order valence-corrected chi connectivity index (χ1v) is 7.04. The van der Waals surface area contributed by atoms with E-state index in [1.54, 1.807) is 12.1 Å². The van der Waals surface area contributed by atoms with E-state index in [-0.39, 0.29) is 11.9 Å². The van der Waals surface area contributed by atoms with Crippen molar-refractivity contribution in [3.63, 3.8) is 0 Å². The maximum absolute atomic E-state index is 11.8. The smallest absolute Gasteiger partial charge is 0.236 e. The molecule has 1 atom stereocenters. The van der Waals surface area contributed by atoms with Crippen LogP contribution >= 0.6 is 11.6 Å². The normalized spacial score (nSPS) is 17.4. The summed E-state index contributed by atoms with van der Waals surface area (Å²) in [6.45, 7) is 0.752. The first-order chi connectivity index (χ1) is 9.24. The number of nitrogens with zero attached hydrogens (tertiary/aromatic N) is 1. The van der Waals surface area contributed by atoms with Crippen molar-refractivity contribution < 1.29 is 9.53 Å². The number of carbonyl (C=O) groups is 1.